The van der Waals surface area contributed by atoms with Gasteiger partial charge in [0.2, 0.25) is 0 Å². The number of rotatable bonds is 3. The van der Waals surface area contributed by atoms with Gasteiger partial charge in [-0.05, 0) is 19.1 Å². The maximum Gasteiger partial charge on any atom is 0.128 e. The van der Waals surface area contributed by atoms with Crippen LogP contribution in [-0.2, 0) is 0 Å². The second-order valence-corrected chi connectivity index (χ2v) is 3.21. The van der Waals surface area contributed by atoms with E-state index in [1.165, 1.54) is 0 Å². The number of aromatic nitrogens is 2. The Morgan fingerprint density at radius 3 is 2.93 bits per heavy atom. The summed E-state index contributed by atoms with van der Waals surface area (Å²) in [6.07, 6.45) is 5.36. The van der Waals surface area contributed by atoms with E-state index in [1.54, 1.807) is 12.5 Å². The zero-order chi connectivity index (χ0) is 9.97. The molecule has 14 heavy (non-hydrogen) atoms. The van der Waals surface area contributed by atoms with Crippen LogP contribution in [0, 0.1) is 6.92 Å². The minimum atomic E-state index is 0.0474. The second kappa shape index (κ2) is 3.67. The Kier molecular flexibility index (Phi) is 2.37. The SMILES string of the molecule is Cc1ccc(C(CN)n2ccnc2)o1. The summed E-state index contributed by atoms with van der Waals surface area (Å²) in [7, 11) is 0. The maximum atomic E-state index is 5.70. The number of hydrogen-bond donors (Lipinski definition) is 1. The van der Waals surface area contributed by atoms with Crippen LogP contribution in [0.1, 0.15) is 17.6 Å². The van der Waals surface area contributed by atoms with Gasteiger partial charge in [0, 0.05) is 18.9 Å². The number of furan rings is 1. The summed E-state index contributed by atoms with van der Waals surface area (Å²) in [6, 6.07) is 3.94. The first-order valence-corrected chi connectivity index (χ1v) is 4.55. The molecule has 0 saturated heterocycles. The van der Waals surface area contributed by atoms with Crippen LogP contribution < -0.4 is 5.73 Å². The predicted octanol–water partition coefficient (Wildman–Crippen LogP) is 1.33. The van der Waals surface area contributed by atoms with Crippen molar-refractivity contribution in [3.63, 3.8) is 0 Å². The molecule has 0 aliphatic carbocycles. The molecule has 0 spiro atoms. The molecule has 2 aromatic heterocycles. The lowest BCUT2D eigenvalue weighted by Crippen LogP contribution is -2.18. The summed E-state index contributed by atoms with van der Waals surface area (Å²) in [5.41, 5.74) is 5.70. The van der Waals surface area contributed by atoms with Crippen molar-refractivity contribution in [1.82, 2.24) is 9.55 Å². The van der Waals surface area contributed by atoms with E-state index in [1.807, 2.05) is 29.8 Å². The first-order chi connectivity index (χ1) is 6.81. The van der Waals surface area contributed by atoms with Crippen LogP contribution in [0.3, 0.4) is 0 Å². The smallest absolute Gasteiger partial charge is 0.128 e. The zero-order valence-electron chi connectivity index (χ0n) is 8.05. The number of aryl methyl sites for hydroxylation is 1. The molecule has 1 unspecified atom stereocenters. The van der Waals surface area contributed by atoms with Gasteiger partial charge < -0.3 is 14.7 Å². The normalized spacial score (nSPS) is 13.0. The summed E-state index contributed by atoms with van der Waals surface area (Å²) < 4.78 is 7.47. The molecule has 0 saturated carbocycles. The molecule has 2 heterocycles. The van der Waals surface area contributed by atoms with Gasteiger partial charge in [0.05, 0.1) is 6.33 Å². The molecule has 4 heteroatoms. The molecule has 2 N–H and O–H groups in total. The Morgan fingerprint density at radius 2 is 2.43 bits per heavy atom. The highest BCUT2D eigenvalue weighted by atomic mass is 16.3. The summed E-state index contributed by atoms with van der Waals surface area (Å²) in [4.78, 5) is 3.99. The lowest BCUT2D eigenvalue weighted by atomic mass is 10.2. The fourth-order valence-electron chi connectivity index (χ4n) is 1.47. The summed E-state index contributed by atoms with van der Waals surface area (Å²) in [5, 5.41) is 0. The highest BCUT2D eigenvalue weighted by molar-refractivity contribution is 5.11. The van der Waals surface area contributed by atoms with Crippen molar-refractivity contribution in [3.8, 4) is 0 Å². The van der Waals surface area contributed by atoms with Crippen LogP contribution in [0.15, 0.2) is 35.3 Å². The number of nitrogens with two attached hydrogens (primary N) is 1. The Morgan fingerprint density at radius 1 is 1.57 bits per heavy atom. The number of imidazole rings is 1. The molecule has 0 fully saturated rings. The molecule has 0 bridgehead atoms. The fraction of sp³-hybridized carbons (Fsp3) is 0.300. The number of nitrogens with zero attached hydrogens (tertiary/aromatic N) is 2. The van der Waals surface area contributed by atoms with Gasteiger partial charge in [-0.1, -0.05) is 0 Å². The Bertz CT molecular complexity index is 391. The van der Waals surface area contributed by atoms with Crippen LogP contribution in [0.25, 0.3) is 0 Å². The van der Waals surface area contributed by atoms with Gasteiger partial charge in [-0.15, -0.1) is 0 Å². The molecular weight excluding hydrogens is 178 g/mol. The first kappa shape index (κ1) is 9.02. The van der Waals surface area contributed by atoms with Crippen molar-refractivity contribution >= 4 is 0 Å². The molecule has 2 aromatic rings. The first-order valence-electron chi connectivity index (χ1n) is 4.55. The Balaban J connectivity index is 2.31. The fourth-order valence-corrected chi connectivity index (χ4v) is 1.47. The second-order valence-electron chi connectivity index (χ2n) is 3.21. The quantitative estimate of drug-likeness (QED) is 0.796. The molecule has 4 nitrogen and oxygen atoms in total. The van der Waals surface area contributed by atoms with Crippen LogP contribution >= 0.6 is 0 Å². The van der Waals surface area contributed by atoms with E-state index in [2.05, 4.69) is 4.98 Å². The molecule has 2 rings (SSSR count). The van der Waals surface area contributed by atoms with Gasteiger partial charge in [0.15, 0.2) is 0 Å². The van der Waals surface area contributed by atoms with Crippen LogP contribution in [0.5, 0.6) is 0 Å². The van der Waals surface area contributed by atoms with E-state index >= 15 is 0 Å². The average molecular weight is 191 g/mol. The van der Waals surface area contributed by atoms with Crippen LogP contribution in [0.4, 0.5) is 0 Å². The van der Waals surface area contributed by atoms with E-state index in [-0.39, 0.29) is 6.04 Å². The third-order valence-corrected chi connectivity index (χ3v) is 2.20. The van der Waals surface area contributed by atoms with Gasteiger partial charge in [-0.25, -0.2) is 4.98 Å². The highest BCUT2D eigenvalue weighted by Gasteiger charge is 2.14. The van der Waals surface area contributed by atoms with Gasteiger partial charge in [0.25, 0.3) is 0 Å². The van der Waals surface area contributed by atoms with Crippen molar-refractivity contribution in [1.29, 1.82) is 0 Å². The van der Waals surface area contributed by atoms with E-state index in [0.29, 0.717) is 6.54 Å². The highest BCUT2D eigenvalue weighted by Crippen LogP contribution is 2.19. The monoisotopic (exact) mass is 191 g/mol. The van der Waals surface area contributed by atoms with Gasteiger partial charge >= 0.3 is 0 Å². The van der Waals surface area contributed by atoms with Gasteiger partial charge in [0.1, 0.15) is 17.6 Å². The Labute approximate surface area is 82.4 Å². The van der Waals surface area contributed by atoms with Crippen molar-refractivity contribution in [2.45, 2.75) is 13.0 Å². The molecule has 0 aromatic carbocycles. The third-order valence-electron chi connectivity index (χ3n) is 2.20. The standard InChI is InChI=1S/C10H13N3O/c1-8-2-3-10(14-8)9(6-11)13-5-4-12-7-13/h2-5,7,9H,6,11H2,1H3. The van der Waals surface area contributed by atoms with E-state index in [4.69, 9.17) is 10.2 Å². The van der Waals surface area contributed by atoms with E-state index < -0.39 is 0 Å². The predicted molar refractivity (Wildman–Crippen MR) is 52.9 cm³/mol. The topological polar surface area (TPSA) is 57.0 Å². The van der Waals surface area contributed by atoms with Crippen LogP contribution in [0.2, 0.25) is 0 Å². The molecule has 0 amide bonds. The van der Waals surface area contributed by atoms with Crippen LogP contribution in [-0.4, -0.2) is 16.1 Å². The van der Waals surface area contributed by atoms with Crippen molar-refractivity contribution < 1.29 is 4.42 Å². The minimum absolute atomic E-state index is 0.0474. The van der Waals surface area contributed by atoms with E-state index in [0.717, 1.165) is 11.5 Å². The summed E-state index contributed by atoms with van der Waals surface area (Å²) in [5.74, 6) is 1.78. The minimum Gasteiger partial charge on any atom is -0.464 e. The lowest BCUT2D eigenvalue weighted by Gasteiger charge is -2.13. The molecule has 0 aliphatic rings. The molecular formula is C10H13N3O. The van der Waals surface area contributed by atoms with Crippen molar-refractivity contribution in [3.05, 3.63) is 42.4 Å². The largest absolute Gasteiger partial charge is 0.464 e. The molecule has 0 radical (unpaired) electrons. The average Bonchev–Trinajstić information content (AvgIpc) is 2.79. The van der Waals surface area contributed by atoms with Gasteiger partial charge in [-0.3, -0.25) is 0 Å². The summed E-state index contributed by atoms with van der Waals surface area (Å²) in [6.45, 7) is 2.42. The molecule has 0 aliphatic heterocycles. The zero-order valence-corrected chi connectivity index (χ0v) is 8.05. The Hall–Kier alpha value is -1.55. The van der Waals surface area contributed by atoms with E-state index in [9.17, 15) is 0 Å². The number of hydrogen-bond acceptors (Lipinski definition) is 3. The summed E-state index contributed by atoms with van der Waals surface area (Å²) >= 11 is 0. The van der Waals surface area contributed by atoms with Gasteiger partial charge in [-0.2, -0.15) is 0 Å². The van der Waals surface area contributed by atoms with Crippen molar-refractivity contribution in [2.75, 3.05) is 6.54 Å². The molecule has 74 valence electrons. The third kappa shape index (κ3) is 1.56. The maximum absolute atomic E-state index is 5.70. The molecule has 1 atom stereocenters. The van der Waals surface area contributed by atoms with Crippen molar-refractivity contribution in [2.24, 2.45) is 5.73 Å². The lowest BCUT2D eigenvalue weighted by molar-refractivity contribution is 0.417.